The first-order valence-corrected chi connectivity index (χ1v) is 3.68. The topological polar surface area (TPSA) is 27.3 Å². The molecule has 0 atom stereocenters. The SMILES string of the molecule is F[B-](F)(F)F.c1ccc2oc[nH+]c2c1. The van der Waals surface area contributed by atoms with E-state index in [0.29, 0.717) is 0 Å². The number of oxazole rings is 1. The maximum absolute atomic E-state index is 9.75. The van der Waals surface area contributed by atoms with Gasteiger partial charge in [-0.05, 0) is 6.07 Å². The molecule has 0 bridgehead atoms. The Balaban J connectivity index is 0.000000171. The van der Waals surface area contributed by atoms with Gasteiger partial charge in [0.1, 0.15) is 0 Å². The van der Waals surface area contributed by atoms with Crippen LogP contribution in [-0.2, 0) is 0 Å². The standard InChI is InChI=1S/C7H5NO.BF4/c1-2-4-7-6(3-1)8-5-9-7;2-1(3,4)5/h1-5H;/q;-1/p+1. The van der Waals surface area contributed by atoms with Gasteiger partial charge in [0.25, 0.3) is 0 Å². The maximum Gasteiger partial charge on any atom is 0.673 e. The number of halogens is 4. The van der Waals surface area contributed by atoms with Gasteiger partial charge in [-0.15, -0.1) is 0 Å². The zero-order valence-electron chi connectivity index (χ0n) is 6.88. The van der Waals surface area contributed by atoms with Crippen molar-refractivity contribution in [2.75, 3.05) is 0 Å². The molecule has 0 saturated carbocycles. The third kappa shape index (κ3) is 3.93. The van der Waals surface area contributed by atoms with E-state index in [1.54, 1.807) is 6.39 Å². The molecule has 1 heterocycles. The van der Waals surface area contributed by atoms with Crippen LogP contribution in [-0.4, -0.2) is 7.25 Å². The molecule has 0 aliphatic carbocycles. The minimum absolute atomic E-state index is 0.900. The molecule has 1 aromatic carbocycles. The van der Waals surface area contributed by atoms with Gasteiger partial charge in [0.2, 0.25) is 11.1 Å². The summed E-state index contributed by atoms with van der Waals surface area (Å²) in [6.45, 7) is 0. The maximum atomic E-state index is 9.75. The van der Waals surface area contributed by atoms with E-state index in [9.17, 15) is 17.3 Å². The van der Waals surface area contributed by atoms with E-state index >= 15 is 0 Å². The number of rotatable bonds is 0. The summed E-state index contributed by atoms with van der Waals surface area (Å²) in [6.07, 6.45) is 1.57. The number of benzene rings is 1. The van der Waals surface area contributed by atoms with Crippen molar-refractivity contribution < 1.29 is 26.7 Å². The highest BCUT2D eigenvalue weighted by molar-refractivity contribution is 6.50. The predicted octanol–water partition coefficient (Wildman–Crippen LogP) is 2.55. The Morgan fingerprint density at radius 1 is 1.07 bits per heavy atom. The Morgan fingerprint density at radius 3 is 2.21 bits per heavy atom. The Morgan fingerprint density at radius 2 is 1.64 bits per heavy atom. The van der Waals surface area contributed by atoms with Crippen LogP contribution in [0, 0.1) is 0 Å². The quantitative estimate of drug-likeness (QED) is 0.481. The molecule has 0 aliphatic rings. The lowest BCUT2D eigenvalue weighted by Gasteiger charge is -1.94. The van der Waals surface area contributed by atoms with Crippen LogP contribution >= 0.6 is 0 Å². The molecule has 0 amide bonds. The summed E-state index contributed by atoms with van der Waals surface area (Å²) in [5, 5.41) is 0. The minimum atomic E-state index is -6.00. The molecule has 1 N–H and O–H groups in total. The molecule has 2 nitrogen and oxygen atoms in total. The molecule has 76 valence electrons. The summed E-state index contributed by atoms with van der Waals surface area (Å²) >= 11 is 0. The van der Waals surface area contributed by atoms with Crippen LogP contribution < -0.4 is 4.98 Å². The van der Waals surface area contributed by atoms with Gasteiger partial charge in [-0.1, -0.05) is 12.1 Å². The largest absolute Gasteiger partial charge is 0.673 e. The highest BCUT2D eigenvalue weighted by atomic mass is 19.5. The molecule has 0 unspecified atom stereocenters. The smallest absolute Gasteiger partial charge is 0.418 e. The van der Waals surface area contributed by atoms with E-state index in [1.165, 1.54) is 0 Å². The summed E-state index contributed by atoms with van der Waals surface area (Å²) in [5.74, 6) is 0. The molecule has 7 heteroatoms. The molecular weight excluding hydrogens is 201 g/mol. The highest BCUT2D eigenvalue weighted by Gasteiger charge is 2.20. The number of hydrogen-bond acceptors (Lipinski definition) is 1. The lowest BCUT2D eigenvalue weighted by atomic mass is 10.3. The lowest BCUT2D eigenvalue weighted by molar-refractivity contribution is -0.354. The molecule has 2 rings (SSSR count). The molecule has 0 radical (unpaired) electrons. The number of aromatic nitrogens is 1. The monoisotopic (exact) mass is 207 g/mol. The zero-order chi connectivity index (χ0) is 10.6. The van der Waals surface area contributed by atoms with E-state index in [0.717, 1.165) is 11.1 Å². The molecular formula is C7H6BF4NO. The van der Waals surface area contributed by atoms with E-state index in [-0.39, 0.29) is 0 Å². The third-order valence-corrected chi connectivity index (χ3v) is 1.29. The fourth-order valence-electron chi connectivity index (χ4n) is 0.845. The van der Waals surface area contributed by atoms with E-state index in [2.05, 4.69) is 4.98 Å². The minimum Gasteiger partial charge on any atom is -0.418 e. The second-order valence-electron chi connectivity index (χ2n) is 2.37. The number of aromatic amines is 1. The molecule has 14 heavy (non-hydrogen) atoms. The van der Waals surface area contributed by atoms with Crippen molar-refractivity contribution in [1.29, 1.82) is 0 Å². The van der Waals surface area contributed by atoms with Gasteiger partial charge in [-0.25, -0.2) is 0 Å². The summed E-state index contributed by atoms with van der Waals surface area (Å²) in [6, 6.07) is 7.80. The summed E-state index contributed by atoms with van der Waals surface area (Å²) in [5.41, 5.74) is 1.94. The molecule has 2 aromatic rings. The predicted molar refractivity (Wildman–Crippen MR) is 43.0 cm³/mol. The van der Waals surface area contributed by atoms with Crippen molar-refractivity contribution in [2.24, 2.45) is 0 Å². The van der Waals surface area contributed by atoms with Crippen molar-refractivity contribution >= 4 is 18.4 Å². The Bertz CT molecular complexity index is 363. The van der Waals surface area contributed by atoms with E-state index < -0.39 is 7.25 Å². The van der Waals surface area contributed by atoms with Gasteiger partial charge in [0.05, 0.1) is 0 Å². The Labute approximate surface area is 76.7 Å². The van der Waals surface area contributed by atoms with Crippen LogP contribution in [0.2, 0.25) is 0 Å². The van der Waals surface area contributed by atoms with Gasteiger partial charge >= 0.3 is 13.6 Å². The van der Waals surface area contributed by atoms with Crippen LogP contribution in [0.3, 0.4) is 0 Å². The van der Waals surface area contributed by atoms with Gasteiger partial charge < -0.3 is 21.7 Å². The second-order valence-corrected chi connectivity index (χ2v) is 2.37. The first kappa shape index (κ1) is 10.6. The van der Waals surface area contributed by atoms with Gasteiger partial charge in [-0.3, -0.25) is 0 Å². The van der Waals surface area contributed by atoms with Gasteiger partial charge in [0, 0.05) is 6.07 Å². The fraction of sp³-hybridized carbons (Fsp3) is 0. The van der Waals surface area contributed by atoms with Crippen LogP contribution in [0.25, 0.3) is 11.1 Å². The number of para-hydroxylation sites is 2. The number of H-pyrrole nitrogens is 1. The van der Waals surface area contributed by atoms with E-state index in [1.807, 2.05) is 24.3 Å². The van der Waals surface area contributed by atoms with Crippen LogP contribution in [0.1, 0.15) is 0 Å². The first-order valence-electron chi connectivity index (χ1n) is 3.68. The van der Waals surface area contributed by atoms with Crippen LogP contribution in [0.4, 0.5) is 17.3 Å². The highest BCUT2D eigenvalue weighted by Crippen LogP contribution is 2.06. The van der Waals surface area contributed by atoms with Crippen molar-refractivity contribution in [3.05, 3.63) is 30.7 Å². The summed E-state index contributed by atoms with van der Waals surface area (Å²) in [4.78, 5) is 2.95. The van der Waals surface area contributed by atoms with Crippen molar-refractivity contribution in [1.82, 2.24) is 0 Å². The fourth-order valence-corrected chi connectivity index (χ4v) is 0.845. The Kier molecular flexibility index (Phi) is 3.11. The molecule has 0 fully saturated rings. The average molecular weight is 207 g/mol. The lowest BCUT2D eigenvalue weighted by Crippen LogP contribution is -2.02. The molecule has 0 aliphatic heterocycles. The van der Waals surface area contributed by atoms with E-state index in [4.69, 9.17) is 4.42 Å². The molecule has 0 spiro atoms. The second kappa shape index (κ2) is 4.12. The van der Waals surface area contributed by atoms with Crippen LogP contribution in [0.15, 0.2) is 35.1 Å². The Hall–Kier alpha value is -1.53. The third-order valence-electron chi connectivity index (χ3n) is 1.29. The van der Waals surface area contributed by atoms with Crippen LogP contribution in [0.5, 0.6) is 0 Å². The summed E-state index contributed by atoms with van der Waals surface area (Å²) in [7, 11) is -6.00. The number of fused-ring (bicyclic) bond motifs is 1. The van der Waals surface area contributed by atoms with Gasteiger partial charge in [-0.2, -0.15) is 4.98 Å². The van der Waals surface area contributed by atoms with Crippen molar-refractivity contribution in [3.8, 4) is 0 Å². The van der Waals surface area contributed by atoms with Gasteiger partial charge in [0.15, 0.2) is 0 Å². The number of hydrogen-bond donors (Lipinski definition) is 0. The molecule has 1 aromatic heterocycles. The van der Waals surface area contributed by atoms with Crippen molar-refractivity contribution in [2.45, 2.75) is 0 Å². The average Bonchev–Trinajstić information content (AvgIpc) is 2.47. The zero-order valence-corrected chi connectivity index (χ0v) is 6.88. The summed E-state index contributed by atoms with van der Waals surface area (Å²) < 4.78 is 44.1. The molecule has 0 saturated heterocycles. The number of nitrogens with one attached hydrogen (secondary N) is 1. The normalized spacial score (nSPS) is 10.9. The first-order chi connectivity index (χ1) is 6.47. The van der Waals surface area contributed by atoms with Crippen molar-refractivity contribution in [3.63, 3.8) is 0 Å².